The predicted molar refractivity (Wildman–Crippen MR) is 74.5 cm³/mol. The van der Waals surface area contributed by atoms with E-state index in [-0.39, 0.29) is 16.2 Å². The van der Waals surface area contributed by atoms with Gasteiger partial charge in [0.2, 0.25) is 0 Å². The predicted octanol–water partition coefficient (Wildman–Crippen LogP) is 4.66. The summed E-state index contributed by atoms with van der Waals surface area (Å²) in [5.41, 5.74) is -0.0952. The summed E-state index contributed by atoms with van der Waals surface area (Å²) < 4.78 is 22.9. The fraction of sp³-hybridized carbons (Fsp3) is 0. The number of rotatable bonds is 3. The van der Waals surface area contributed by atoms with Crippen molar-refractivity contribution in [3.8, 4) is 0 Å². The number of halogens is 5. The lowest BCUT2D eigenvalue weighted by molar-refractivity contribution is 0.108. The molecule has 0 bridgehead atoms. The summed E-state index contributed by atoms with van der Waals surface area (Å²) in [6, 6.07) is 3.37. The summed E-state index contributed by atoms with van der Waals surface area (Å²) >= 11 is 27.0. The normalized spacial score (nSPS) is 12.5. The van der Waals surface area contributed by atoms with E-state index in [4.69, 9.17) is 56.6 Å². The molecule has 0 radical (unpaired) electrons. The summed E-state index contributed by atoms with van der Waals surface area (Å²) in [6.45, 7) is 0. The Morgan fingerprint density at radius 3 is 1.47 bits per heavy atom. The minimum atomic E-state index is -3.69. The average Bonchev–Trinajstić information content (AvgIpc) is 2.14. The maximum absolute atomic E-state index is 11.5. The van der Waals surface area contributed by atoms with Crippen LogP contribution in [0.4, 0.5) is 0 Å². The number of hydrogen-bond donors (Lipinski definition) is 0. The molecule has 0 saturated heterocycles. The lowest BCUT2D eigenvalue weighted by Gasteiger charge is -2.08. The van der Waals surface area contributed by atoms with E-state index >= 15 is 0 Å². The molecule has 3 nitrogen and oxygen atoms in total. The van der Waals surface area contributed by atoms with Crippen molar-refractivity contribution in [2.45, 2.75) is 0 Å². The molecule has 1 aromatic rings. The minimum Gasteiger partial charge on any atom is -0.284 e. The van der Waals surface area contributed by atoms with Crippen LogP contribution >= 0.6 is 68.3 Å². The molecule has 0 aromatic heterocycles. The van der Waals surface area contributed by atoms with E-state index in [2.05, 4.69) is 0 Å². The van der Waals surface area contributed by atoms with E-state index in [0.717, 1.165) is 18.2 Å². The van der Waals surface area contributed by atoms with Crippen LogP contribution in [0.3, 0.4) is 0 Å². The monoisotopic (exact) mass is 372 g/mol. The molecular weight excluding hydrogens is 371 g/mol. The number of benzene rings is 1. The van der Waals surface area contributed by atoms with Crippen molar-refractivity contribution >= 4 is 84.1 Å². The number of carbonyl (C=O) groups excluding carboxylic acids is 1. The quantitative estimate of drug-likeness (QED) is 0.571. The third-order valence-electron chi connectivity index (χ3n) is 1.73. The van der Waals surface area contributed by atoms with E-state index in [9.17, 15) is 13.9 Å². The minimum absolute atomic E-state index is 0.0952. The van der Waals surface area contributed by atoms with Gasteiger partial charge in [0, 0.05) is 16.2 Å². The lowest BCUT2D eigenvalue weighted by Crippen LogP contribution is -2.12. The molecule has 0 N–H and O–H groups in total. The van der Waals surface area contributed by atoms with E-state index in [1.54, 1.807) is 0 Å². The van der Waals surface area contributed by atoms with Gasteiger partial charge in [-0.1, -0.05) is 0 Å². The van der Waals surface area contributed by atoms with Crippen LogP contribution in [0.1, 0.15) is 10.4 Å². The van der Waals surface area contributed by atoms with Gasteiger partial charge >= 0.3 is 0 Å². The first-order chi connectivity index (χ1) is 7.51. The highest BCUT2D eigenvalue weighted by Gasteiger charge is 2.25. The molecule has 0 aliphatic carbocycles. The molecule has 94 valence electrons. The summed E-state index contributed by atoms with van der Waals surface area (Å²) in [6.07, 6.45) is 0. The molecule has 1 aromatic carbocycles. The molecule has 0 unspecified atom stereocenters. The van der Waals surface area contributed by atoms with Crippen LogP contribution < -0.4 is 10.6 Å². The Bertz CT molecular complexity index is 520. The van der Waals surface area contributed by atoms with Crippen molar-refractivity contribution in [3.05, 3.63) is 23.8 Å². The Labute approximate surface area is 121 Å². The number of carbonyl (C=O) groups is 1. The molecule has 0 atom stereocenters. The molecule has 1 rings (SSSR count). The molecule has 10 heteroatoms. The zero-order valence-electron chi connectivity index (χ0n) is 7.74. The average molecular weight is 374 g/mol. The van der Waals surface area contributed by atoms with E-state index < -0.39 is 16.9 Å². The van der Waals surface area contributed by atoms with Gasteiger partial charge in [-0.05, 0) is 74.8 Å². The Kier molecular flexibility index (Phi) is 5.06. The largest absolute Gasteiger partial charge is 0.284 e. The second-order valence-electron chi connectivity index (χ2n) is 2.94. The smallest absolute Gasteiger partial charge is 0.281 e. The molecule has 0 fully saturated rings. The van der Waals surface area contributed by atoms with Gasteiger partial charge in [0.05, 0.1) is 0 Å². The summed E-state index contributed by atoms with van der Waals surface area (Å²) in [5, 5.41) is -1.08. The van der Waals surface area contributed by atoms with Crippen LogP contribution in [-0.2, 0) is 9.13 Å². The van der Waals surface area contributed by atoms with Gasteiger partial charge in [-0.3, -0.25) is 13.9 Å². The van der Waals surface area contributed by atoms with Crippen molar-refractivity contribution < 1.29 is 13.9 Å². The Hall–Kier alpha value is 0.800. The third-order valence-corrected chi connectivity index (χ3v) is 6.01. The van der Waals surface area contributed by atoms with Gasteiger partial charge in [-0.15, -0.1) is 0 Å². The molecular formula is C7H3Cl5O3P2. The van der Waals surface area contributed by atoms with Crippen LogP contribution in [0.2, 0.25) is 0 Å². The molecule has 0 saturated carbocycles. The molecule has 0 heterocycles. The fourth-order valence-electron chi connectivity index (χ4n) is 1.01. The van der Waals surface area contributed by atoms with Gasteiger partial charge in [0.25, 0.3) is 16.9 Å². The fourth-order valence-corrected chi connectivity index (χ4v) is 3.55. The van der Waals surface area contributed by atoms with Crippen LogP contribution in [0.15, 0.2) is 18.2 Å². The van der Waals surface area contributed by atoms with Gasteiger partial charge in [0.1, 0.15) is 0 Å². The van der Waals surface area contributed by atoms with Crippen LogP contribution in [0, 0.1) is 0 Å². The van der Waals surface area contributed by atoms with E-state index in [1.165, 1.54) is 0 Å². The molecule has 0 aliphatic rings. The molecule has 17 heavy (non-hydrogen) atoms. The maximum atomic E-state index is 11.5. The summed E-state index contributed by atoms with van der Waals surface area (Å²) in [7, 11) is 0. The van der Waals surface area contributed by atoms with Crippen molar-refractivity contribution in [1.29, 1.82) is 0 Å². The summed E-state index contributed by atoms with van der Waals surface area (Å²) in [5.74, 6) is -7.37. The zero-order valence-corrected chi connectivity index (χ0v) is 13.3. The maximum Gasteiger partial charge on any atom is 0.281 e. The number of hydrogen-bond acceptors (Lipinski definition) is 3. The highest BCUT2D eigenvalue weighted by atomic mass is 35.9. The molecule has 0 amide bonds. The van der Waals surface area contributed by atoms with Crippen LogP contribution in [-0.4, -0.2) is 5.24 Å². The highest BCUT2D eigenvalue weighted by Crippen LogP contribution is 2.58. The Balaban J connectivity index is 3.56. The second-order valence-corrected chi connectivity index (χ2v) is 12.9. The van der Waals surface area contributed by atoms with E-state index in [0.29, 0.717) is 0 Å². The van der Waals surface area contributed by atoms with Gasteiger partial charge in [-0.25, -0.2) is 0 Å². The zero-order chi connectivity index (χ0) is 13.4. The van der Waals surface area contributed by atoms with Crippen LogP contribution in [0.25, 0.3) is 0 Å². The topological polar surface area (TPSA) is 51.2 Å². The Morgan fingerprint density at radius 1 is 0.882 bits per heavy atom. The van der Waals surface area contributed by atoms with Gasteiger partial charge in [-0.2, -0.15) is 0 Å². The lowest BCUT2D eigenvalue weighted by atomic mass is 10.2. The standard InChI is InChI=1S/C7H3Cl5O3P2/c8-7(13)4-1-5(16(9,10)14)3-6(2-4)17(11,12)15/h1-3H. The van der Waals surface area contributed by atoms with Crippen molar-refractivity contribution in [2.75, 3.05) is 0 Å². The van der Waals surface area contributed by atoms with E-state index in [1.807, 2.05) is 0 Å². The van der Waals surface area contributed by atoms with Crippen molar-refractivity contribution in [1.82, 2.24) is 0 Å². The first-order valence-corrected chi connectivity index (χ1v) is 11.3. The van der Waals surface area contributed by atoms with Gasteiger partial charge < -0.3 is 0 Å². The van der Waals surface area contributed by atoms with Crippen molar-refractivity contribution in [3.63, 3.8) is 0 Å². The van der Waals surface area contributed by atoms with Gasteiger partial charge in [0.15, 0.2) is 0 Å². The third kappa shape index (κ3) is 4.44. The highest BCUT2D eigenvalue weighted by molar-refractivity contribution is 8.14. The first kappa shape index (κ1) is 15.9. The molecule has 0 aliphatic heterocycles. The van der Waals surface area contributed by atoms with Crippen molar-refractivity contribution in [2.24, 2.45) is 0 Å². The summed E-state index contributed by atoms with van der Waals surface area (Å²) in [4.78, 5) is 11.0. The first-order valence-electron chi connectivity index (χ1n) is 3.86. The van der Waals surface area contributed by atoms with Crippen LogP contribution in [0.5, 0.6) is 0 Å². The second kappa shape index (κ2) is 5.43. The molecule has 0 spiro atoms. The SMILES string of the molecule is O=C(Cl)c1cc(P(=O)(Cl)Cl)cc(P(=O)(Cl)Cl)c1. The Morgan fingerprint density at radius 2 is 1.24 bits per heavy atom.